The van der Waals surface area contributed by atoms with Crippen LogP contribution in [0.25, 0.3) is 0 Å². The smallest absolute Gasteiger partial charge is 0.416 e. The highest BCUT2D eigenvalue weighted by molar-refractivity contribution is 5.47. The van der Waals surface area contributed by atoms with Gasteiger partial charge in [-0.1, -0.05) is 0 Å². The zero-order chi connectivity index (χ0) is 21.4. The van der Waals surface area contributed by atoms with E-state index in [0.29, 0.717) is 31.9 Å². The summed E-state index contributed by atoms with van der Waals surface area (Å²) in [6.07, 6.45) is -2.98. The number of ether oxygens (including phenoxy) is 1. The summed E-state index contributed by atoms with van der Waals surface area (Å²) in [5.74, 6) is -0.242. The van der Waals surface area contributed by atoms with Crippen LogP contribution in [-0.4, -0.2) is 58.7 Å². The summed E-state index contributed by atoms with van der Waals surface area (Å²) >= 11 is 0. The number of fused-ring (bicyclic) bond motifs is 1. The Kier molecular flexibility index (Phi) is 5.44. The number of nitro groups is 1. The van der Waals surface area contributed by atoms with Crippen molar-refractivity contribution >= 4 is 11.5 Å². The topological polar surface area (TPSA) is 76.7 Å². The quantitative estimate of drug-likeness (QED) is 0.513. The zero-order valence-electron chi connectivity index (χ0n) is 16.3. The maximum Gasteiger partial charge on any atom is 0.416 e. The van der Waals surface area contributed by atoms with Gasteiger partial charge >= 0.3 is 18.0 Å². The average Bonchev–Trinajstić information content (AvgIpc) is 3.14. The van der Waals surface area contributed by atoms with Gasteiger partial charge < -0.3 is 24.7 Å². The fourth-order valence-corrected chi connectivity index (χ4v) is 3.37. The molecular weight excluding hydrogens is 391 g/mol. The first-order valence-electron chi connectivity index (χ1n) is 8.94. The lowest BCUT2D eigenvalue weighted by Crippen LogP contribution is -2.45. The molecule has 0 fully saturated rings. The molecule has 1 aromatic carbocycles. The molecular formula is C18H22F3N5O3. The molecule has 1 aliphatic rings. The lowest BCUT2D eigenvalue weighted by atomic mass is 10.1. The molecule has 0 spiro atoms. The largest absolute Gasteiger partial charge is 0.436 e. The Morgan fingerprint density at radius 2 is 1.93 bits per heavy atom. The van der Waals surface area contributed by atoms with Gasteiger partial charge in [-0.05, 0) is 43.2 Å². The molecule has 1 aliphatic heterocycles. The number of hydrogen-bond acceptors (Lipinski definition) is 6. The van der Waals surface area contributed by atoms with Crippen molar-refractivity contribution < 1.29 is 22.8 Å². The Morgan fingerprint density at radius 1 is 1.28 bits per heavy atom. The third-order valence-electron chi connectivity index (χ3n) is 4.81. The summed E-state index contributed by atoms with van der Waals surface area (Å²) in [6.45, 7) is 4.17. The van der Waals surface area contributed by atoms with Crippen LogP contribution in [0.15, 0.2) is 30.5 Å². The number of halogens is 3. The van der Waals surface area contributed by atoms with Gasteiger partial charge in [-0.25, -0.2) is 0 Å². The van der Waals surface area contributed by atoms with Gasteiger partial charge in [0.2, 0.25) is 0 Å². The molecule has 11 heteroatoms. The van der Waals surface area contributed by atoms with Crippen LogP contribution >= 0.6 is 0 Å². The first-order valence-corrected chi connectivity index (χ1v) is 8.94. The van der Waals surface area contributed by atoms with Gasteiger partial charge in [-0.2, -0.15) is 13.2 Å². The molecule has 8 nitrogen and oxygen atoms in total. The highest BCUT2D eigenvalue weighted by Gasteiger charge is 2.41. The van der Waals surface area contributed by atoms with Gasteiger partial charge in [0.05, 0.1) is 12.1 Å². The second kappa shape index (κ2) is 7.54. The summed E-state index contributed by atoms with van der Waals surface area (Å²) in [6, 6.07) is 5.29. The standard InChI is InChI=1S/C18H22F3N5O3/c1-17(12-25-10-15(26(27)28)22-16(25)29-17)11-23(2)8-9-24(3)14-6-4-13(5-7-14)18(19,20)21/h4-7,10H,8-9,11-12H2,1-3H3/t17-/m0/s1. The number of aromatic nitrogens is 2. The van der Waals surface area contributed by atoms with E-state index < -0.39 is 22.3 Å². The van der Waals surface area contributed by atoms with Gasteiger partial charge in [0.1, 0.15) is 11.8 Å². The number of benzene rings is 1. The van der Waals surface area contributed by atoms with Crippen LogP contribution in [-0.2, 0) is 12.7 Å². The third-order valence-corrected chi connectivity index (χ3v) is 4.81. The molecule has 1 aromatic heterocycles. The predicted molar refractivity (Wildman–Crippen MR) is 100 cm³/mol. The molecule has 0 bridgehead atoms. The molecule has 3 rings (SSSR count). The molecule has 0 unspecified atom stereocenters. The highest BCUT2D eigenvalue weighted by atomic mass is 19.4. The van der Waals surface area contributed by atoms with Crippen LogP contribution in [0.2, 0.25) is 0 Å². The van der Waals surface area contributed by atoms with Crippen molar-refractivity contribution in [3.63, 3.8) is 0 Å². The summed E-state index contributed by atoms with van der Waals surface area (Å²) in [4.78, 5) is 18.0. The first kappa shape index (κ1) is 20.9. The maximum absolute atomic E-state index is 12.7. The van der Waals surface area contributed by atoms with Crippen molar-refractivity contribution in [2.24, 2.45) is 0 Å². The summed E-state index contributed by atoms with van der Waals surface area (Å²) in [5.41, 5.74) is -0.544. The highest BCUT2D eigenvalue weighted by Crippen LogP contribution is 2.32. The number of hydrogen-bond donors (Lipinski definition) is 0. The average molecular weight is 413 g/mol. The molecule has 0 saturated carbocycles. The molecule has 2 aromatic rings. The number of imidazole rings is 1. The molecule has 0 N–H and O–H groups in total. The second-order valence-electron chi connectivity index (χ2n) is 7.52. The van der Waals surface area contributed by atoms with Crippen molar-refractivity contribution in [1.82, 2.24) is 14.5 Å². The third kappa shape index (κ3) is 4.78. The van der Waals surface area contributed by atoms with Crippen LogP contribution < -0.4 is 9.64 Å². The van der Waals surface area contributed by atoms with Crippen LogP contribution in [0.1, 0.15) is 12.5 Å². The van der Waals surface area contributed by atoms with E-state index in [1.54, 1.807) is 4.57 Å². The Labute approximate surface area is 165 Å². The fourth-order valence-electron chi connectivity index (χ4n) is 3.37. The van der Waals surface area contributed by atoms with E-state index in [1.165, 1.54) is 18.3 Å². The molecule has 2 heterocycles. The van der Waals surface area contributed by atoms with E-state index in [0.717, 1.165) is 12.1 Å². The van der Waals surface area contributed by atoms with Crippen molar-refractivity contribution in [2.45, 2.75) is 25.2 Å². The van der Waals surface area contributed by atoms with Gasteiger partial charge in [-0.15, -0.1) is 0 Å². The van der Waals surface area contributed by atoms with E-state index in [9.17, 15) is 23.3 Å². The molecule has 1 atom stereocenters. The molecule has 0 saturated heterocycles. The minimum atomic E-state index is -4.34. The van der Waals surface area contributed by atoms with E-state index in [4.69, 9.17) is 4.74 Å². The molecule has 0 amide bonds. The number of likely N-dealkylation sites (N-methyl/N-ethyl adjacent to an activating group) is 2. The lowest BCUT2D eigenvalue weighted by molar-refractivity contribution is -0.389. The molecule has 29 heavy (non-hydrogen) atoms. The van der Waals surface area contributed by atoms with E-state index >= 15 is 0 Å². The van der Waals surface area contributed by atoms with E-state index in [1.807, 2.05) is 30.8 Å². The number of rotatable bonds is 7. The number of nitrogens with zero attached hydrogens (tertiary/aromatic N) is 5. The number of anilines is 1. The van der Waals surface area contributed by atoms with Crippen molar-refractivity contribution in [1.29, 1.82) is 0 Å². The van der Waals surface area contributed by atoms with Crippen molar-refractivity contribution in [3.8, 4) is 6.01 Å². The summed E-state index contributed by atoms with van der Waals surface area (Å²) in [7, 11) is 3.73. The Morgan fingerprint density at radius 3 is 2.48 bits per heavy atom. The van der Waals surface area contributed by atoms with E-state index in [-0.39, 0.29) is 11.8 Å². The van der Waals surface area contributed by atoms with Crippen LogP contribution in [0, 0.1) is 10.1 Å². The van der Waals surface area contributed by atoms with E-state index in [2.05, 4.69) is 4.98 Å². The van der Waals surface area contributed by atoms with Crippen molar-refractivity contribution in [3.05, 3.63) is 46.1 Å². The Balaban J connectivity index is 1.51. The Bertz CT molecular complexity index is 858. The van der Waals surface area contributed by atoms with Gasteiger partial charge in [0.15, 0.2) is 0 Å². The van der Waals surface area contributed by atoms with Crippen LogP contribution in [0.5, 0.6) is 6.01 Å². The van der Waals surface area contributed by atoms with Gasteiger partial charge in [0.25, 0.3) is 0 Å². The lowest BCUT2D eigenvalue weighted by Gasteiger charge is -2.30. The monoisotopic (exact) mass is 413 g/mol. The fraction of sp³-hybridized carbons (Fsp3) is 0.500. The molecule has 0 aliphatic carbocycles. The SMILES string of the molecule is CN(CCN(C)c1ccc(C(F)(F)F)cc1)C[C@@]1(C)Cn2cc([N+](=O)[O-])nc2O1. The van der Waals surface area contributed by atoms with Crippen LogP contribution in [0.4, 0.5) is 24.7 Å². The summed E-state index contributed by atoms with van der Waals surface area (Å²) < 4.78 is 45.5. The molecule has 0 radical (unpaired) electrons. The zero-order valence-corrected chi connectivity index (χ0v) is 16.3. The minimum Gasteiger partial charge on any atom is -0.436 e. The second-order valence-corrected chi connectivity index (χ2v) is 7.52. The first-order chi connectivity index (χ1) is 13.5. The normalized spacial score (nSPS) is 18.6. The Hall–Kier alpha value is -2.82. The van der Waals surface area contributed by atoms with Gasteiger partial charge in [0, 0.05) is 37.4 Å². The molecule has 158 valence electrons. The predicted octanol–water partition coefficient (Wildman–Crippen LogP) is 3.03. The maximum atomic E-state index is 12.7. The van der Waals surface area contributed by atoms with Crippen molar-refractivity contribution in [2.75, 3.05) is 38.6 Å². The van der Waals surface area contributed by atoms with Crippen LogP contribution in [0.3, 0.4) is 0 Å². The summed E-state index contributed by atoms with van der Waals surface area (Å²) in [5, 5.41) is 10.8. The van der Waals surface area contributed by atoms with Gasteiger partial charge in [-0.3, -0.25) is 4.57 Å². The minimum absolute atomic E-state index is 0.231. The number of alkyl halides is 3.